The maximum absolute atomic E-state index is 12.3. The van der Waals surface area contributed by atoms with Gasteiger partial charge in [-0.15, -0.1) is 0 Å². The highest BCUT2D eigenvalue weighted by molar-refractivity contribution is 5.98. The van der Waals surface area contributed by atoms with Gasteiger partial charge >= 0.3 is 0 Å². The number of nitriles is 1. The molecule has 108 valence electrons. The number of nitrogens with zero attached hydrogens (tertiary/aromatic N) is 2. The predicted octanol–water partition coefficient (Wildman–Crippen LogP) is 2.77. The molecule has 0 bridgehead atoms. The molecule has 1 spiro atoms. The molecule has 3 rings (SSSR count). The van der Waals surface area contributed by atoms with Gasteiger partial charge in [0.1, 0.15) is 0 Å². The van der Waals surface area contributed by atoms with Crippen molar-refractivity contribution in [2.24, 2.45) is 5.41 Å². The minimum atomic E-state index is -0.0463. The first kappa shape index (κ1) is 13.8. The van der Waals surface area contributed by atoms with E-state index in [1.807, 2.05) is 0 Å². The van der Waals surface area contributed by atoms with Crippen LogP contribution in [0.2, 0.25) is 0 Å². The summed E-state index contributed by atoms with van der Waals surface area (Å²) in [5.74, 6) is -0.0879. The summed E-state index contributed by atoms with van der Waals surface area (Å²) < 4.78 is 0. The van der Waals surface area contributed by atoms with Crippen LogP contribution in [0.5, 0.6) is 0 Å². The minimum Gasteiger partial charge on any atom is -0.278 e. The second-order valence-corrected chi connectivity index (χ2v) is 6.24. The molecule has 1 saturated heterocycles. The van der Waals surface area contributed by atoms with Gasteiger partial charge in [-0.05, 0) is 36.0 Å². The van der Waals surface area contributed by atoms with E-state index in [2.05, 4.69) is 6.07 Å². The van der Waals surface area contributed by atoms with Crippen molar-refractivity contribution in [3.63, 3.8) is 0 Å². The molecular formula is C17H18N2O2. The number of likely N-dealkylation sites (tertiary alicyclic amines) is 1. The maximum atomic E-state index is 12.3. The van der Waals surface area contributed by atoms with E-state index in [-0.39, 0.29) is 17.2 Å². The zero-order valence-electron chi connectivity index (χ0n) is 12.0. The van der Waals surface area contributed by atoms with Gasteiger partial charge < -0.3 is 0 Å². The Kier molecular flexibility index (Phi) is 3.50. The third kappa shape index (κ3) is 2.69. The quantitative estimate of drug-likeness (QED) is 0.784. The zero-order valence-corrected chi connectivity index (χ0v) is 12.0. The van der Waals surface area contributed by atoms with Crippen LogP contribution in [0.25, 0.3) is 0 Å². The van der Waals surface area contributed by atoms with Crippen molar-refractivity contribution in [3.05, 3.63) is 35.4 Å². The Bertz CT molecular complexity index is 587. The van der Waals surface area contributed by atoms with Crippen molar-refractivity contribution in [2.45, 2.75) is 45.1 Å². The third-order valence-electron chi connectivity index (χ3n) is 4.74. The van der Waals surface area contributed by atoms with Crippen molar-refractivity contribution < 1.29 is 9.59 Å². The molecule has 1 aromatic carbocycles. The van der Waals surface area contributed by atoms with Crippen LogP contribution in [0.1, 0.15) is 49.7 Å². The van der Waals surface area contributed by atoms with Crippen LogP contribution in [0, 0.1) is 16.7 Å². The highest BCUT2D eigenvalue weighted by Crippen LogP contribution is 2.47. The molecule has 0 atom stereocenters. The number of carbonyl (C=O) groups is 2. The molecule has 1 heterocycles. The normalized spacial score (nSPS) is 20.8. The molecule has 0 radical (unpaired) electrons. The summed E-state index contributed by atoms with van der Waals surface area (Å²) in [6, 6.07) is 9.10. The first-order valence-corrected chi connectivity index (χ1v) is 7.44. The van der Waals surface area contributed by atoms with Crippen LogP contribution >= 0.6 is 0 Å². The van der Waals surface area contributed by atoms with Crippen LogP contribution in [0.4, 0.5) is 0 Å². The lowest BCUT2D eigenvalue weighted by atomic mass is 9.76. The molecule has 4 nitrogen and oxygen atoms in total. The Hall–Kier alpha value is -2.15. The monoisotopic (exact) mass is 282 g/mol. The fourth-order valence-electron chi connectivity index (χ4n) is 3.56. The SMILES string of the molecule is N#Cc1ccc(CN2C(=O)CC3(CCCC3)CC2=O)cc1. The first-order valence-electron chi connectivity index (χ1n) is 7.44. The van der Waals surface area contributed by atoms with Gasteiger partial charge in [-0.2, -0.15) is 5.26 Å². The second kappa shape index (κ2) is 5.33. The molecule has 1 aliphatic heterocycles. The van der Waals surface area contributed by atoms with E-state index in [0.29, 0.717) is 24.9 Å². The fraction of sp³-hybridized carbons (Fsp3) is 0.471. The van der Waals surface area contributed by atoms with Crippen molar-refractivity contribution >= 4 is 11.8 Å². The number of imide groups is 1. The highest BCUT2D eigenvalue weighted by atomic mass is 16.2. The lowest BCUT2D eigenvalue weighted by molar-refractivity contribution is -0.154. The molecule has 21 heavy (non-hydrogen) atoms. The minimum absolute atomic E-state index is 0.0440. The van der Waals surface area contributed by atoms with Crippen LogP contribution in [-0.2, 0) is 16.1 Å². The Labute approximate surface area is 124 Å². The van der Waals surface area contributed by atoms with Gasteiger partial charge in [0.15, 0.2) is 0 Å². The van der Waals surface area contributed by atoms with E-state index < -0.39 is 0 Å². The van der Waals surface area contributed by atoms with Gasteiger partial charge in [0.2, 0.25) is 11.8 Å². The Morgan fingerprint density at radius 1 is 1.05 bits per heavy atom. The molecule has 0 N–H and O–H groups in total. The summed E-state index contributed by atoms with van der Waals surface area (Å²) >= 11 is 0. The summed E-state index contributed by atoms with van der Waals surface area (Å²) in [6.45, 7) is 0.319. The van der Waals surface area contributed by atoms with Crippen LogP contribution < -0.4 is 0 Å². The molecular weight excluding hydrogens is 264 g/mol. The molecule has 4 heteroatoms. The van der Waals surface area contributed by atoms with Crippen molar-refractivity contribution in [1.29, 1.82) is 5.26 Å². The van der Waals surface area contributed by atoms with E-state index in [4.69, 9.17) is 5.26 Å². The zero-order chi connectivity index (χ0) is 14.9. The molecule has 1 saturated carbocycles. The smallest absolute Gasteiger partial charge is 0.230 e. The van der Waals surface area contributed by atoms with Crippen LogP contribution in [0.15, 0.2) is 24.3 Å². The third-order valence-corrected chi connectivity index (χ3v) is 4.74. The van der Waals surface area contributed by atoms with E-state index in [1.54, 1.807) is 24.3 Å². The summed E-state index contributed by atoms with van der Waals surface area (Å²) in [5.41, 5.74) is 1.42. The summed E-state index contributed by atoms with van der Waals surface area (Å²) in [7, 11) is 0. The molecule has 1 aliphatic carbocycles. The standard InChI is InChI=1S/C17H18N2O2/c18-11-13-3-5-14(6-4-13)12-19-15(20)9-17(10-16(19)21)7-1-2-8-17/h3-6H,1-2,7-10,12H2. The molecule has 2 amide bonds. The van der Waals surface area contributed by atoms with Gasteiger partial charge in [-0.3, -0.25) is 14.5 Å². The molecule has 0 aromatic heterocycles. The van der Waals surface area contributed by atoms with E-state index >= 15 is 0 Å². The Morgan fingerprint density at radius 3 is 2.14 bits per heavy atom. The number of hydrogen-bond donors (Lipinski definition) is 0. The average molecular weight is 282 g/mol. The highest BCUT2D eigenvalue weighted by Gasteiger charge is 2.44. The number of benzene rings is 1. The maximum Gasteiger partial charge on any atom is 0.230 e. The number of amides is 2. The number of hydrogen-bond acceptors (Lipinski definition) is 3. The van der Waals surface area contributed by atoms with Crippen LogP contribution in [-0.4, -0.2) is 16.7 Å². The number of carbonyl (C=O) groups excluding carboxylic acids is 2. The molecule has 2 aliphatic rings. The van der Waals surface area contributed by atoms with Crippen LogP contribution in [0.3, 0.4) is 0 Å². The summed E-state index contributed by atoms with van der Waals surface area (Å²) in [6.07, 6.45) is 5.31. The summed E-state index contributed by atoms with van der Waals surface area (Å²) in [4.78, 5) is 26.1. The molecule has 2 fully saturated rings. The van der Waals surface area contributed by atoms with Gasteiger partial charge in [0.05, 0.1) is 18.2 Å². The van der Waals surface area contributed by atoms with Crippen molar-refractivity contribution in [3.8, 4) is 6.07 Å². The summed E-state index contributed by atoms with van der Waals surface area (Å²) in [5, 5.41) is 8.78. The molecule has 0 unspecified atom stereocenters. The van der Waals surface area contributed by atoms with E-state index in [0.717, 1.165) is 31.2 Å². The predicted molar refractivity (Wildman–Crippen MR) is 76.8 cm³/mol. The second-order valence-electron chi connectivity index (χ2n) is 6.24. The topological polar surface area (TPSA) is 61.2 Å². The van der Waals surface area contributed by atoms with E-state index in [9.17, 15) is 9.59 Å². The van der Waals surface area contributed by atoms with Gasteiger partial charge in [0.25, 0.3) is 0 Å². The van der Waals surface area contributed by atoms with Gasteiger partial charge in [-0.1, -0.05) is 25.0 Å². The first-order chi connectivity index (χ1) is 10.1. The lowest BCUT2D eigenvalue weighted by Gasteiger charge is -2.37. The van der Waals surface area contributed by atoms with E-state index in [1.165, 1.54) is 4.90 Å². The fourth-order valence-corrected chi connectivity index (χ4v) is 3.56. The lowest BCUT2D eigenvalue weighted by Crippen LogP contribution is -2.46. The van der Waals surface area contributed by atoms with Gasteiger partial charge in [0, 0.05) is 12.8 Å². The Morgan fingerprint density at radius 2 is 1.62 bits per heavy atom. The largest absolute Gasteiger partial charge is 0.278 e. The average Bonchev–Trinajstić information content (AvgIpc) is 2.91. The van der Waals surface area contributed by atoms with Crippen molar-refractivity contribution in [1.82, 2.24) is 4.90 Å². The van der Waals surface area contributed by atoms with Crippen molar-refractivity contribution in [2.75, 3.05) is 0 Å². The Balaban J connectivity index is 1.72. The molecule has 1 aromatic rings. The number of rotatable bonds is 2. The van der Waals surface area contributed by atoms with Gasteiger partial charge in [-0.25, -0.2) is 0 Å². The number of piperidine rings is 1.